The third-order valence-corrected chi connectivity index (χ3v) is 5.82. The number of rotatable bonds is 3. The molecular weight excluding hydrogens is 417 g/mol. The predicted molar refractivity (Wildman–Crippen MR) is 111 cm³/mol. The molecule has 1 fully saturated rings. The van der Waals surface area contributed by atoms with Gasteiger partial charge in [0.05, 0.1) is 5.56 Å². The second-order valence-electron chi connectivity index (χ2n) is 7.50. The van der Waals surface area contributed by atoms with Crippen molar-refractivity contribution in [2.45, 2.75) is 19.6 Å². The van der Waals surface area contributed by atoms with Crippen LogP contribution in [0.1, 0.15) is 16.7 Å². The first-order valence-electron chi connectivity index (χ1n) is 9.58. The van der Waals surface area contributed by atoms with Gasteiger partial charge in [-0.15, -0.1) is 0 Å². The van der Waals surface area contributed by atoms with E-state index in [1.807, 2.05) is 17.9 Å². The summed E-state index contributed by atoms with van der Waals surface area (Å²) in [7, 11) is 0. The highest BCUT2D eigenvalue weighted by Gasteiger charge is 2.31. The second-order valence-corrected chi connectivity index (χ2v) is 7.91. The number of nitrogens with zero attached hydrogens (tertiary/aromatic N) is 2. The Bertz CT molecular complexity index is 1140. The maximum Gasteiger partial charge on any atom is 0.416 e. The molecule has 0 N–H and O–H groups in total. The molecule has 158 valence electrons. The molecule has 0 aliphatic carbocycles. The van der Waals surface area contributed by atoms with Gasteiger partial charge >= 0.3 is 11.8 Å². The predicted octanol–water partition coefficient (Wildman–Crippen LogP) is 5.10. The van der Waals surface area contributed by atoms with Gasteiger partial charge in [0.1, 0.15) is 5.58 Å². The third kappa shape index (κ3) is 4.32. The van der Waals surface area contributed by atoms with E-state index in [2.05, 4.69) is 4.90 Å². The largest absolute Gasteiger partial charge is 0.423 e. The minimum atomic E-state index is -4.35. The van der Waals surface area contributed by atoms with Crippen LogP contribution in [0.15, 0.2) is 51.7 Å². The molecule has 0 saturated carbocycles. The van der Waals surface area contributed by atoms with E-state index in [1.54, 1.807) is 12.1 Å². The number of benzene rings is 2. The van der Waals surface area contributed by atoms with Crippen molar-refractivity contribution in [2.75, 3.05) is 31.1 Å². The van der Waals surface area contributed by atoms with Crippen molar-refractivity contribution >= 4 is 28.3 Å². The average molecular weight is 437 g/mol. The van der Waals surface area contributed by atoms with Crippen LogP contribution in [0.2, 0.25) is 5.02 Å². The quantitative estimate of drug-likeness (QED) is 0.535. The van der Waals surface area contributed by atoms with E-state index in [0.717, 1.165) is 22.6 Å². The summed E-state index contributed by atoms with van der Waals surface area (Å²) >= 11 is 6.25. The number of halogens is 4. The van der Waals surface area contributed by atoms with Crippen LogP contribution in [0.25, 0.3) is 11.0 Å². The summed E-state index contributed by atoms with van der Waals surface area (Å²) in [5.74, 6) is 0. The minimum absolute atomic E-state index is 0.415. The van der Waals surface area contributed by atoms with E-state index in [1.165, 1.54) is 18.2 Å². The van der Waals surface area contributed by atoms with Crippen LogP contribution in [-0.2, 0) is 12.7 Å². The average Bonchev–Trinajstić information content (AvgIpc) is 2.69. The highest BCUT2D eigenvalue weighted by atomic mass is 35.5. The summed E-state index contributed by atoms with van der Waals surface area (Å²) in [5.41, 5.74) is 1.67. The number of aryl methyl sites for hydroxylation is 1. The number of piperazine rings is 1. The van der Waals surface area contributed by atoms with Gasteiger partial charge in [-0.25, -0.2) is 4.79 Å². The molecule has 0 bridgehead atoms. The number of hydrogen-bond donors (Lipinski definition) is 0. The molecule has 1 saturated heterocycles. The molecule has 30 heavy (non-hydrogen) atoms. The van der Waals surface area contributed by atoms with Crippen LogP contribution in [-0.4, -0.2) is 31.1 Å². The molecule has 8 heteroatoms. The topological polar surface area (TPSA) is 36.7 Å². The first-order valence-corrected chi connectivity index (χ1v) is 9.96. The lowest BCUT2D eigenvalue weighted by Gasteiger charge is -2.36. The summed E-state index contributed by atoms with van der Waals surface area (Å²) in [6.07, 6.45) is -4.35. The summed E-state index contributed by atoms with van der Waals surface area (Å²) < 4.78 is 44.3. The lowest BCUT2D eigenvalue weighted by atomic mass is 10.1. The number of hydrogen-bond acceptors (Lipinski definition) is 4. The third-order valence-electron chi connectivity index (χ3n) is 5.41. The zero-order valence-electron chi connectivity index (χ0n) is 16.3. The first-order chi connectivity index (χ1) is 14.2. The van der Waals surface area contributed by atoms with Crippen LogP contribution in [0, 0.1) is 6.92 Å². The van der Waals surface area contributed by atoms with Crippen LogP contribution in [0.3, 0.4) is 0 Å². The lowest BCUT2D eigenvalue weighted by Crippen LogP contribution is -2.46. The number of anilines is 1. The highest BCUT2D eigenvalue weighted by molar-refractivity contribution is 6.32. The van der Waals surface area contributed by atoms with E-state index in [4.69, 9.17) is 16.0 Å². The molecule has 4 nitrogen and oxygen atoms in total. The van der Waals surface area contributed by atoms with E-state index in [9.17, 15) is 18.0 Å². The summed E-state index contributed by atoms with van der Waals surface area (Å²) in [4.78, 5) is 16.1. The Morgan fingerprint density at radius 2 is 1.80 bits per heavy atom. The van der Waals surface area contributed by atoms with Gasteiger partial charge < -0.3 is 9.32 Å². The first kappa shape index (κ1) is 20.8. The summed E-state index contributed by atoms with van der Waals surface area (Å²) in [5, 5.41) is 1.40. The van der Waals surface area contributed by atoms with E-state index < -0.39 is 17.4 Å². The molecule has 0 spiro atoms. The Morgan fingerprint density at radius 1 is 1.07 bits per heavy atom. The van der Waals surface area contributed by atoms with Crippen LogP contribution in [0.5, 0.6) is 0 Å². The second kappa shape index (κ2) is 7.96. The van der Waals surface area contributed by atoms with Crippen molar-refractivity contribution in [3.05, 3.63) is 74.6 Å². The van der Waals surface area contributed by atoms with Gasteiger partial charge in [-0.3, -0.25) is 4.90 Å². The molecule has 0 unspecified atom stereocenters. The smallest absolute Gasteiger partial charge is 0.416 e. The monoisotopic (exact) mass is 436 g/mol. The number of fused-ring (bicyclic) bond motifs is 1. The fraction of sp³-hybridized carbons (Fsp3) is 0.318. The highest BCUT2D eigenvalue weighted by Crippen LogP contribution is 2.32. The summed E-state index contributed by atoms with van der Waals surface area (Å²) in [6.45, 7) is 4.91. The van der Waals surface area contributed by atoms with Crippen LogP contribution < -0.4 is 10.5 Å². The Kier molecular flexibility index (Phi) is 5.51. The van der Waals surface area contributed by atoms with Crippen molar-refractivity contribution in [1.82, 2.24) is 4.90 Å². The van der Waals surface area contributed by atoms with Crippen LogP contribution >= 0.6 is 11.6 Å². The maximum absolute atomic E-state index is 13.0. The van der Waals surface area contributed by atoms with Crippen molar-refractivity contribution in [2.24, 2.45) is 0 Å². The molecule has 4 rings (SSSR count). The van der Waals surface area contributed by atoms with Gasteiger partial charge in [0.25, 0.3) is 0 Å². The lowest BCUT2D eigenvalue weighted by molar-refractivity contribution is -0.137. The fourth-order valence-corrected chi connectivity index (χ4v) is 3.93. The Morgan fingerprint density at radius 3 is 2.50 bits per heavy atom. The van der Waals surface area contributed by atoms with E-state index >= 15 is 0 Å². The van der Waals surface area contributed by atoms with Gasteiger partial charge in [-0.05, 0) is 48.4 Å². The Labute approximate surface area is 176 Å². The van der Waals surface area contributed by atoms with Gasteiger partial charge in [-0.1, -0.05) is 17.7 Å². The molecule has 3 aromatic rings. The Balaban J connectivity index is 1.50. The molecule has 1 aliphatic rings. The fourth-order valence-electron chi connectivity index (χ4n) is 3.76. The van der Waals surface area contributed by atoms with Gasteiger partial charge in [0.2, 0.25) is 0 Å². The molecule has 0 atom stereocenters. The molecule has 1 aliphatic heterocycles. The van der Waals surface area contributed by atoms with Crippen molar-refractivity contribution in [3.8, 4) is 0 Å². The molecule has 1 aromatic heterocycles. The summed E-state index contributed by atoms with van der Waals surface area (Å²) in [6, 6.07) is 10.5. The van der Waals surface area contributed by atoms with Gasteiger partial charge in [-0.2, -0.15) is 13.2 Å². The molecule has 0 radical (unpaired) electrons. The minimum Gasteiger partial charge on any atom is -0.423 e. The van der Waals surface area contributed by atoms with Crippen molar-refractivity contribution in [3.63, 3.8) is 0 Å². The van der Waals surface area contributed by atoms with Gasteiger partial charge in [0.15, 0.2) is 0 Å². The molecular formula is C22H20ClF3N2O2. The van der Waals surface area contributed by atoms with Crippen molar-refractivity contribution in [1.29, 1.82) is 0 Å². The molecule has 0 amide bonds. The molecule has 2 heterocycles. The molecule has 2 aromatic carbocycles. The zero-order chi connectivity index (χ0) is 21.5. The number of alkyl halides is 3. The Hall–Kier alpha value is -2.51. The maximum atomic E-state index is 13.0. The van der Waals surface area contributed by atoms with E-state index in [-0.39, 0.29) is 0 Å². The van der Waals surface area contributed by atoms with Crippen LogP contribution in [0.4, 0.5) is 18.9 Å². The van der Waals surface area contributed by atoms with Gasteiger partial charge in [0, 0.05) is 54.9 Å². The normalized spacial score (nSPS) is 15.7. The SMILES string of the molecule is Cc1cc2oc(=O)cc(CN3CCN(c4cccc(C(F)(F)F)c4)CC3)c2cc1Cl. The standard InChI is InChI=1S/C22H20ClF3N2O2/c1-14-9-20-18(12-19(14)23)15(10-21(29)30-20)13-27-5-7-28(8-6-27)17-4-2-3-16(11-17)22(24,25)26/h2-4,9-12H,5-8,13H2,1H3. The zero-order valence-corrected chi connectivity index (χ0v) is 17.1. The van der Waals surface area contributed by atoms with Crippen molar-refractivity contribution < 1.29 is 17.6 Å². The van der Waals surface area contributed by atoms with E-state index in [0.29, 0.717) is 49.0 Å².